The minimum absolute atomic E-state index is 0.571. The predicted molar refractivity (Wildman–Crippen MR) is 68.4 cm³/mol. The second-order valence-electron chi connectivity index (χ2n) is 3.83. The molecule has 0 saturated carbocycles. The molecule has 2 N–H and O–H groups in total. The molecular formula is C13H15NOS. The molecule has 1 aromatic heterocycles. The standard InChI is InChI=1S/C13H15NOS/c1-10-2-3-12(13(14)6-10)8-15-7-11-4-5-16-9-11/h2-6,9H,7-8,14H2,1H3. The van der Waals surface area contributed by atoms with E-state index in [1.54, 1.807) is 11.3 Å². The molecule has 0 unspecified atom stereocenters. The van der Waals surface area contributed by atoms with E-state index < -0.39 is 0 Å². The highest BCUT2D eigenvalue weighted by molar-refractivity contribution is 7.07. The van der Waals surface area contributed by atoms with Gasteiger partial charge < -0.3 is 10.5 Å². The molecule has 0 spiro atoms. The van der Waals surface area contributed by atoms with Crippen molar-refractivity contribution in [2.75, 3.05) is 5.73 Å². The molecule has 0 aliphatic rings. The van der Waals surface area contributed by atoms with Gasteiger partial charge in [0.05, 0.1) is 13.2 Å². The van der Waals surface area contributed by atoms with E-state index in [0.29, 0.717) is 13.2 Å². The minimum atomic E-state index is 0.571. The topological polar surface area (TPSA) is 35.2 Å². The molecule has 84 valence electrons. The third-order valence-electron chi connectivity index (χ3n) is 2.41. The summed E-state index contributed by atoms with van der Waals surface area (Å²) in [6, 6.07) is 8.13. The summed E-state index contributed by atoms with van der Waals surface area (Å²) in [6.07, 6.45) is 0. The van der Waals surface area contributed by atoms with Crippen molar-refractivity contribution in [2.24, 2.45) is 0 Å². The molecule has 2 nitrogen and oxygen atoms in total. The molecule has 0 amide bonds. The summed E-state index contributed by atoms with van der Waals surface area (Å²) in [5, 5.41) is 4.15. The Bertz CT molecular complexity index is 451. The van der Waals surface area contributed by atoms with Crippen molar-refractivity contribution in [3.8, 4) is 0 Å². The van der Waals surface area contributed by atoms with Crippen LogP contribution in [0.15, 0.2) is 35.0 Å². The van der Waals surface area contributed by atoms with Gasteiger partial charge in [-0.15, -0.1) is 0 Å². The number of hydrogen-bond donors (Lipinski definition) is 1. The highest BCUT2D eigenvalue weighted by Gasteiger charge is 2.00. The largest absolute Gasteiger partial charge is 0.398 e. The Labute approximate surface area is 99.7 Å². The minimum Gasteiger partial charge on any atom is -0.398 e. The lowest BCUT2D eigenvalue weighted by molar-refractivity contribution is 0.108. The zero-order valence-electron chi connectivity index (χ0n) is 9.27. The third kappa shape index (κ3) is 2.84. The highest BCUT2D eigenvalue weighted by Crippen LogP contribution is 2.16. The zero-order chi connectivity index (χ0) is 11.4. The third-order valence-corrected chi connectivity index (χ3v) is 3.14. The van der Waals surface area contributed by atoms with Crippen LogP contribution in [0.25, 0.3) is 0 Å². The molecule has 0 atom stereocenters. The Morgan fingerprint density at radius 1 is 1.25 bits per heavy atom. The van der Waals surface area contributed by atoms with Crippen molar-refractivity contribution in [3.05, 3.63) is 51.7 Å². The molecule has 0 aliphatic carbocycles. The van der Waals surface area contributed by atoms with Crippen LogP contribution in [0.2, 0.25) is 0 Å². The van der Waals surface area contributed by atoms with E-state index in [9.17, 15) is 0 Å². The van der Waals surface area contributed by atoms with Crippen LogP contribution in [0.1, 0.15) is 16.7 Å². The Morgan fingerprint density at radius 3 is 2.81 bits per heavy atom. The van der Waals surface area contributed by atoms with E-state index in [4.69, 9.17) is 10.5 Å². The second-order valence-corrected chi connectivity index (χ2v) is 4.61. The average molecular weight is 233 g/mol. The molecule has 0 saturated heterocycles. The fourth-order valence-corrected chi connectivity index (χ4v) is 2.15. The number of rotatable bonds is 4. The summed E-state index contributed by atoms with van der Waals surface area (Å²) in [4.78, 5) is 0. The van der Waals surface area contributed by atoms with Crippen LogP contribution in [0, 0.1) is 6.92 Å². The first kappa shape index (κ1) is 11.2. The molecule has 3 heteroatoms. The van der Waals surface area contributed by atoms with Crippen LogP contribution in [0.5, 0.6) is 0 Å². The van der Waals surface area contributed by atoms with Crippen LogP contribution in [0.4, 0.5) is 5.69 Å². The van der Waals surface area contributed by atoms with Crippen LogP contribution in [-0.4, -0.2) is 0 Å². The Kier molecular flexibility index (Phi) is 3.59. The number of thiophene rings is 1. The van der Waals surface area contributed by atoms with E-state index in [1.807, 2.05) is 19.1 Å². The summed E-state index contributed by atoms with van der Waals surface area (Å²) in [7, 11) is 0. The van der Waals surface area contributed by atoms with Crippen molar-refractivity contribution >= 4 is 17.0 Å². The molecule has 1 aromatic carbocycles. The maximum atomic E-state index is 5.90. The van der Waals surface area contributed by atoms with E-state index in [2.05, 4.69) is 22.9 Å². The molecule has 16 heavy (non-hydrogen) atoms. The number of anilines is 1. The fraction of sp³-hybridized carbons (Fsp3) is 0.231. The van der Waals surface area contributed by atoms with Gasteiger partial charge in [-0.25, -0.2) is 0 Å². The molecule has 0 fully saturated rings. The Hall–Kier alpha value is -1.32. The van der Waals surface area contributed by atoms with E-state index in [1.165, 1.54) is 11.1 Å². The molecule has 0 bridgehead atoms. The van der Waals surface area contributed by atoms with Crippen molar-refractivity contribution in [1.82, 2.24) is 0 Å². The van der Waals surface area contributed by atoms with Gasteiger partial charge in [-0.05, 0) is 40.9 Å². The lowest BCUT2D eigenvalue weighted by Gasteiger charge is -2.07. The van der Waals surface area contributed by atoms with Crippen LogP contribution >= 0.6 is 11.3 Å². The SMILES string of the molecule is Cc1ccc(COCc2ccsc2)c(N)c1. The number of nitrogen functional groups attached to an aromatic ring is 1. The number of benzene rings is 1. The van der Waals surface area contributed by atoms with E-state index in [0.717, 1.165) is 11.3 Å². The number of aryl methyl sites for hydroxylation is 1. The Morgan fingerprint density at radius 2 is 2.12 bits per heavy atom. The average Bonchev–Trinajstić information content (AvgIpc) is 2.74. The summed E-state index contributed by atoms with van der Waals surface area (Å²) in [6.45, 7) is 3.26. The van der Waals surface area contributed by atoms with Crippen molar-refractivity contribution in [2.45, 2.75) is 20.1 Å². The first-order chi connectivity index (χ1) is 7.75. The van der Waals surface area contributed by atoms with Gasteiger partial charge in [-0.2, -0.15) is 11.3 Å². The lowest BCUT2D eigenvalue weighted by atomic mass is 10.1. The molecule has 0 aliphatic heterocycles. The van der Waals surface area contributed by atoms with Crippen LogP contribution < -0.4 is 5.73 Å². The summed E-state index contributed by atoms with van der Waals surface area (Å²) in [5.41, 5.74) is 10.2. The normalized spacial score (nSPS) is 10.6. The van der Waals surface area contributed by atoms with Gasteiger partial charge in [0, 0.05) is 11.3 Å². The molecule has 1 heterocycles. The van der Waals surface area contributed by atoms with E-state index in [-0.39, 0.29) is 0 Å². The van der Waals surface area contributed by atoms with Crippen molar-refractivity contribution < 1.29 is 4.74 Å². The smallest absolute Gasteiger partial charge is 0.0741 e. The van der Waals surface area contributed by atoms with Crippen molar-refractivity contribution in [1.29, 1.82) is 0 Å². The van der Waals surface area contributed by atoms with Crippen LogP contribution in [-0.2, 0) is 18.0 Å². The first-order valence-electron chi connectivity index (χ1n) is 5.19. The summed E-state index contributed by atoms with van der Waals surface area (Å²) < 4.78 is 5.61. The number of hydrogen-bond acceptors (Lipinski definition) is 3. The Balaban J connectivity index is 1.90. The maximum Gasteiger partial charge on any atom is 0.0741 e. The zero-order valence-corrected chi connectivity index (χ0v) is 10.1. The molecular weight excluding hydrogens is 218 g/mol. The highest BCUT2D eigenvalue weighted by atomic mass is 32.1. The second kappa shape index (κ2) is 5.14. The first-order valence-corrected chi connectivity index (χ1v) is 6.14. The molecule has 2 rings (SSSR count). The van der Waals surface area contributed by atoms with Gasteiger partial charge in [0.15, 0.2) is 0 Å². The van der Waals surface area contributed by atoms with Crippen LogP contribution in [0.3, 0.4) is 0 Å². The molecule has 0 radical (unpaired) electrons. The monoisotopic (exact) mass is 233 g/mol. The predicted octanol–water partition coefficient (Wildman–Crippen LogP) is 3.36. The maximum absolute atomic E-state index is 5.90. The van der Waals surface area contributed by atoms with Gasteiger partial charge in [-0.1, -0.05) is 12.1 Å². The quantitative estimate of drug-likeness (QED) is 0.822. The number of ether oxygens (including phenoxy) is 1. The lowest BCUT2D eigenvalue weighted by Crippen LogP contribution is -1.98. The summed E-state index contributed by atoms with van der Waals surface area (Å²) >= 11 is 1.69. The van der Waals surface area contributed by atoms with Gasteiger partial charge >= 0.3 is 0 Å². The number of nitrogens with two attached hydrogens (primary N) is 1. The van der Waals surface area contributed by atoms with Gasteiger partial charge in [-0.3, -0.25) is 0 Å². The fourth-order valence-electron chi connectivity index (χ4n) is 1.50. The molecule has 2 aromatic rings. The van der Waals surface area contributed by atoms with Gasteiger partial charge in [0.2, 0.25) is 0 Å². The van der Waals surface area contributed by atoms with Gasteiger partial charge in [0.25, 0.3) is 0 Å². The summed E-state index contributed by atoms with van der Waals surface area (Å²) in [5.74, 6) is 0. The van der Waals surface area contributed by atoms with E-state index >= 15 is 0 Å². The van der Waals surface area contributed by atoms with Gasteiger partial charge in [0.1, 0.15) is 0 Å². The van der Waals surface area contributed by atoms with Crippen molar-refractivity contribution in [3.63, 3.8) is 0 Å².